The van der Waals surface area contributed by atoms with E-state index < -0.39 is 0 Å². The van der Waals surface area contributed by atoms with Crippen molar-refractivity contribution in [1.29, 1.82) is 0 Å². The van der Waals surface area contributed by atoms with Crippen molar-refractivity contribution >= 4 is 0 Å². The van der Waals surface area contributed by atoms with Gasteiger partial charge >= 0.3 is 0 Å². The Bertz CT molecular complexity index is 493. The molecular formula is C17H20O3. The van der Waals surface area contributed by atoms with Crippen LogP contribution in [0.1, 0.15) is 17.0 Å². The highest BCUT2D eigenvalue weighted by Gasteiger charge is 2.10. The molecule has 0 saturated heterocycles. The third-order valence-electron chi connectivity index (χ3n) is 3.24. The molecule has 2 rings (SSSR count). The smallest absolute Gasteiger partial charge is 0.118 e. The average Bonchev–Trinajstić information content (AvgIpc) is 2.53. The third kappa shape index (κ3) is 4.08. The second-order valence-electron chi connectivity index (χ2n) is 4.65. The Labute approximate surface area is 119 Å². The number of hydrogen-bond acceptors (Lipinski definition) is 3. The lowest BCUT2D eigenvalue weighted by Gasteiger charge is -2.15. The minimum absolute atomic E-state index is 0.0226. The van der Waals surface area contributed by atoms with Crippen LogP contribution in [0.5, 0.6) is 5.75 Å². The van der Waals surface area contributed by atoms with Gasteiger partial charge in [0.1, 0.15) is 5.75 Å². The first kappa shape index (κ1) is 14.6. The van der Waals surface area contributed by atoms with Crippen molar-refractivity contribution in [3.63, 3.8) is 0 Å². The number of benzene rings is 2. The van der Waals surface area contributed by atoms with Crippen molar-refractivity contribution in [3.05, 3.63) is 65.7 Å². The normalized spacial score (nSPS) is 12.1. The molecule has 0 aliphatic rings. The van der Waals surface area contributed by atoms with E-state index in [1.807, 2.05) is 54.6 Å². The van der Waals surface area contributed by atoms with Gasteiger partial charge in [-0.05, 0) is 23.3 Å². The topological polar surface area (TPSA) is 38.7 Å². The highest BCUT2D eigenvalue weighted by molar-refractivity contribution is 5.26. The van der Waals surface area contributed by atoms with Gasteiger partial charge in [0.2, 0.25) is 0 Å². The van der Waals surface area contributed by atoms with Gasteiger partial charge in [-0.25, -0.2) is 0 Å². The molecule has 0 heterocycles. The van der Waals surface area contributed by atoms with Crippen LogP contribution in [0.15, 0.2) is 54.6 Å². The van der Waals surface area contributed by atoms with Gasteiger partial charge in [-0.3, -0.25) is 0 Å². The van der Waals surface area contributed by atoms with Crippen LogP contribution in [0.4, 0.5) is 0 Å². The van der Waals surface area contributed by atoms with E-state index in [4.69, 9.17) is 9.47 Å². The van der Waals surface area contributed by atoms with Gasteiger partial charge in [0.25, 0.3) is 0 Å². The van der Waals surface area contributed by atoms with E-state index in [1.165, 1.54) is 0 Å². The molecule has 20 heavy (non-hydrogen) atoms. The Morgan fingerprint density at radius 1 is 1.00 bits per heavy atom. The van der Waals surface area contributed by atoms with Crippen LogP contribution in [-0.2, 0) is 11.3 Å². The molecule has 0 aliphatic carbocycles. The first-order chi connectivity index (χ1) is 9.83. The monoisotopic (exact) mass is 272 g/mol. The van der Waals surface area contributed by atoms with Crippen molar-refractivity contribution in [2.75, 3.05) is 20.3 Å². The lowest BCUT2D eigenvalue weighted by atomic mass is 10.0. The van der Waals surface area contributed by atoms with Gasteiger partial charge in [0.05, 0.1) is 26.9 Å². The minimum atomic E-state index is 0.0226. The Morgan fingerprint density at radius 2 is 1.70 bits per heavy atom. The molecule has 0 bridgehead atoms. The Kier molecular flexibility index (Phi) is 5.59. The predicted octanol–water partition coefficient (Wildman–Crippen LogP) is 2.99. The second-order valence-corrected chi connectivity index (χ2v) is 4.65. The third-order valence-corrected chi connectivity index (χ3v) is 3.24. The summed E-state index contributed by atoms with van der Waals surface area (Å²) in [5.74, 6) is 0.862. The Balaban J connectivity index is 1.84. The number of hydrogen-bond donors (Lipinski definition) is 1. The summed E-state index contributed by atoms with van der Waals surface area (Å²) >= 11 is 0. The van der Waals surface area contributed by atoms with Crippen LogP contribution in [-0.4, -0.2) is 25.4 Å². The molecule has 0 saturated carbocycles. The molecule has 0 fully saturated rings. The number of methoxy groups -OCH3 is 1. The van der Waals surface area contributed by atoms with Crippen molar-refractivity contribution in [3.8, 4) is 5.75 Å². The van der Waals surface area contributed by atoms with Crippen molar-refractivity contribution in [2.24, 2.45) is 0 Å². The summed E-state index contributed by atoms with van der Waals surface area (Å²) in [6.45, 7) is 1.13. The summed E-state index contributed by atoms with van der Waals surface area (Å²) in [6.07, 6.45) is 0. The largest absolute Gasteiger partial charge is 0.497 e. The fourth-order valence-corrected chi connectivity index (χ4v) is 2.02. The molecule has 0 spiro atoms. The Hall–Kier alpha value is -1.84. The van der Waals surface area contributed by atoms with Gasteiger partial charge < -0.3 is 14.6 Å². The van der Waals surface area contributed by atoms with Crippen molar-refractivity contribution in [2.45, 2.75) is 12.5 Å². The molecule has 0 radical (unpaired) electrons. The fraction of sp³-hybridized carbons (Fsp3) is 0.294. The van der Waals surface area contributed by atoms with Gasteiger partial charge in [-0.2, -0.15) is 0 Å². The summed E-state index contributed by atoms with van der Waals surface area (Å²) in [4.78, 5) is 0. The molecule has 1 N–H and O–H groups in total. The van der Waals surface area contributed by atoms with E-state index >= 15 is 0 Å². The average molecular weight is 272 g/mol. The molecule has 1 atom stereocenters. The molecular weight excluding hydrogens is 252 g/mol. The minimum Gasteiger partial charge on any atom is -0.497 e. The fourth-order valence-electron chi connectivity index (χ4n) is 2.02. The van der Waals surface area contributed by atoms with Crippen molar-refractivity contribution < 1.29 is 14.6 Å². The standard InChI is InChI=1S/C17H20O3/c1-19-17-9-7-14(8-10-17)12-20-13-16(11-18)15-5-3-2-4-6-15/h2-10,16,18H,11-13H2,1H3/t16-/m1/s1. The summed E-state index contributed by atoms with van der Waals surface area (Å²) in [5.41, 5.74) is 2.19. The highest BCUT2D eigenvalue weighted by Crippen LogP contribution is 2.17. The van der Waals surface area contributed by atoms with E-state index in [2.05, 4.69) is 0 Å². The molecule has 3 nitrogen and oxygen atoms in total. The van der Waals surface area contributed by atoms with E-state index in [1.54, 1.807) is 7.11 Å². The number of aliphatic hydroxyl groups excluding tert-OH is 1. The summed E-state index contributed by atoms with van der Waals surface area (Å²) in [5, 5.41) is 9.45. The van der Waals surface area contributed by atoms with E-state index in [-0.39, 0.29) is 12.5 Å². The first-order valence-electron chi connectivity index (χ1n) is 6.70. The summed E-state index contributed by atoms with van der Waals surface area (Å²) in [7, 11) is 1.65. The van der Waals surface area contributed by atoms with Crippen LogP contribution in [0.25, 0.3) is 0 Å². The zero-order valence-electron chi connectivity index (χ0n) is 11.7. The second kappa shape index (κ2) is 7.68. The van der Waals surface area contributed by atoms with Gasteiger partial charge in [0, 0.05) is 5.92 Å². The maximum Gasteiger partial charge on any atom is 0.118 e. The lowest BCUT2D eigenvalue weighted by Crippen LogP contribution is -2.12. The quantitative estimate of drug-likeness (QED) is 0.842. The maximum atomic E-state index is 9.45. The van der Waals surface area contributed by atoms with Crippen LogP contribution in [0.2, 0.25) is 0 Å². The van der Waals surface area contributed by atoms with Crippen LogP contribution >= 0.6 is 0 Å². The zero-order valence-corrected chi connectivity index (χ0v) is 11.7. The first-order valence-corrected chi connectivity index (χ1v) is 6.70. The molecule has 3 heteroatoms. The van der Waals surface area contributed by atoms with Gasteiger partial charge in [0.15, 0.2) is 0 Å². The van der Waals surface area contributed by atoms with E-state index in [0.717, 1.165) is 16.9 Å². The molecule has 0 amide bonds. The molecule has 2 aromatic rings. The highest BCUT2D eigenvalue weighted by atomic mass is 16.5. The van der Waals surface area contributed by atoms with E-state index in [9.17, 15) is 5.11 Å². The van der Waals surface area contributed by atoms with Crippen LogP contribution < -0.4 is 4.74 Å². The number of aliphatic hydroxyl groups is 1. The predicted molar refractivity (Wildman–Crippen MR) is 78.9 cm³/mol. The molecule has 2 aromatic carbocycles. The lowest BCUT2D eigenvalue weighted by molar-refractivity contribution is 0.0882. The number of ether oxygens (including phenoxy) is 2. The maximum absolute atomic E-state index is 9.45. The van der Waals surface area contributed by atoms with Gasteiger partial charge in [-0.1, -0.05) is 42.5 Å². The molecule has 106 valence electrons. The van der Waals surface area contributed by atoms with Crippen LogP contribution in [0.3, 0.4) is 0 Å². The zero-order chi connectivity index (χ0) is 14.2. The summed E-state index contributed by atoms with van der Waals surface area (Å²) < 4.78 is 10.8. The van der Waals surface area contributed by atoms with Gasteiger partial charge in [-0.15, -0.1) is 0 Å². The van der Waals surface area contributed by atoms with E-state index in [0.29, 0.717) is 13.2 Å². The molecule has 0 aromatic heterocycles. The summed E-state index contributed by atoms with van der Waals surface area (Å²) in [6, 6.07) is 17.7. The van der Waals surface area contributed by atoms with Crippen molar-refractivity contribution in [1.82, 2.24) is 0 Å². The number of rotatable bonds is 7. The Morgan fingerprint density at radius 3 is 2.30 bits per heavy atom. The molecule has 0 unspecified atom stereocenters. The van der Waals surface area contributed by atoms with Crippen LogP contribution in [0, 0.1) is 0 Å². The SMILES string of the molecule is COc1ccc(COC[C@@H](CO)c2ccccc2)cc1. The molecule has 0 aliphatic heterocycles.